The highest BCUT2D eigenvalue weighted by molar-refractivity contribution is 5.93. The van der Waals surface area contributed by atoms with Crippen molar-refractivity contribution in [1.82, 2.24) is 10.6 Å². The minimum absolute atomic E-state index is 0.129. The maximum absolute atomic E-state index is 11.3. The third-order valence-electron chi connectivity index (χ3n) is 2.32. The van der Waals surface area contributed by atoms with Crippen LogP contribution in [0.25, 0.3) is 0 Å². The van der Waals surface area contributed by atoms with Crippen molar-refractivity contribution < 1.29 is 9.59 Å². The zero-order valence-corrected chi connectivity index (χ0v) is 9.99. The highest BCUT2D eigenvalue weighted by Crippen LogP contribution is 2.04. The number of nitrogens with one attached hydrogen (secondary N) is 2. The predicted octanol–water partition coefficient (Wildman–Crippen LogP) is 0.00960. The number of hydrogen-bond acceptors (Lipinski definition) is 3. The van der Waals surface area contributed by atoms with Gasteiger partial charge in [0.05, 0.1) is 6.04 Å². The van der Waals surface area contributed by atoms with Crippen LogP contribution in [-0.2, 0) is 11.3 Å². The number of rotatable bonds is 4. The van der Waals surface area contributed by atoms with Crippen LogP contribution in [0.5, 0.6) is 0 Å². The highest BCUT2D eigenvalue weighted by atomic mass is 16.2. The Morgan fingerprint density at radius 3 is 2.35 bits per heavy atom. The van der Waals surface area contributed by atoms with Crippen LogP contribution < -0.4 is 16.4 Å². The number of benzene rings is 1. The first kappa shape index (κ1) is 13.2. The molecule has 0 bridgehead atoms. The summed E-state index contributed by atoms with van der Waals surface area (Å²) in [4.78, 5) is 22.5. The molecule has 5 nitrogen and oxygen atoms in total. The van der Waals surface area contributed by atoms with Gasteiger partial charge >= 0.3 is 0 Å². The molecule has 92 valence electrons. The summed E-state index contributed by atoms with van der Waals surface area (Å²) in [7, 11) is 1.58. The third-order valence-corrected chi connectivity index (χ3v) is 2.32. The number of nitrogens with two attached hydrogens (primary N) is 1. The van der Waals surface area contributed by atoms with E-state index in [1.165, 1.54) is 0 Å². The molecule has 0 fully saturated rings. The van der Waals surface area contributed by atoms with Crippen molar-refractivity contribution in [1.29, 1.82) is 0 Å². The van der Waals surface area contributed by atoms with E-state index in [-0.39, 0.29) is 11.8 Å². The monoisotopic (exact) mass is 235 g/mol. The van der Waals surface area contributed by atoms with E-state index in [9.17, 15) is 9.59 Å². The first-order valence-electron chi connectivity index (χ1n) is 5.39. The van der Waals surface area contributed by atoms with Gasteiger partial charge in [-0.3, -0.25) is 9.59 Å². The van der Waals surface area contributed by atoms with E-state index >= 15 is 0 Å². The van der Waals surface area contributed by atoms with Crippen LogP contribution >= 0.6 is 0 Å². The number of amides is 2. The minimum Gasteiger partial charge on any atom is -0.355 e. The van der Waals surface area contributed by atoms with E-state index in [1.807, 2.05) is 0 Å². The Labute approximate surface area is 100 Å². The Balaban J connectivity index is 2.57. The molecular weight excluding hydrogens is 218 g/mol. The molecule has 2 amide bonds. The summed E-state index contributed by atoms with van der Waals surface area (Å²) < 4.78 is 0. The lowest BCUT2D eigenvalue weighted by molar-refractivity contribution is -0.122. The zero-order valence-electron chi connectivity index (χ0n) is 9.99. The van der Waals surface area contributed by atoms with Crippen LogP contribution in [0.2, 0.25) is 0 Å². The summed E-state index contributed by atoms with van der Waals surface area (Å²) in [6, 6.07) is 6.51. The fourth-order valence-electron chi connectivity index (χ4n) is 1.27. The Morgan fingerprint density at radius 1 is 1.29 bits per heavy atom. The molecule has 0 aromatic heterocycles. The van der Waals surface area contributed by atoms with Gasteiger partial charge in [-0.2, -0.15) is 0 Å². The molecule has 0 radical (unpaired) electrons. The number of carbonyl (C=O) groups is 2. The van der Waals surface area contributed by atoms with Gasteiger partial charge in [-0.1, -0.05) is 12.1 Å². The van der Waals surface area contributed by atoms with Gasteiger partial charge in [0, 0.05) is 19.2 Å². The molecule has 17 heavy (non-hydrogen) atoms. The van der Waals surface area contributed by atoms with E-state index < -0.39 is 6.04 Å². The normalized spacial score (nSPS) is 11.7. The maximum Gasteiger partial charge on any atom is 0.251 e. The quantitative estimate of drug-likeness (QED) is 0.687. The molecule has 1 aromatic rings. The molecule has 0 aliphatic rings. The Hall–Kier alpha value is -1.88. The molecule has 1 atom stereocenters. The number of carbonyl (C=O) groups excluding carboxylic acids is 2. The van der Waals surface area contributed by atoms with Crippen molar-refractivity contribution in [2.24, 2.45) is 5.73 Å². The van der Waals surface area contributed by atoms with Crippen molar-refractivity contribution >= 4 is 11.8 Å². The Morgan fingerprint density at radius 2 is 1.88 bits per heavy atom. The van der Waals surface area contributed by atoms with E-state index in [1.54, 1.807) is 38.2 Å². The van der Waals surface area contributed by atoms with E-state index in [0.29, 0.717) is 12.1 Å². The summed E-state index contributed by atoms with van der Waals surface area (Å²) >= 11 is 0. The molecule has 1 unspecified atom stereocenters. The van der Waals surface area contributed by atoms with Gasteiger partial charge in [0.2, 0.25) is 5.91 Å². The lowest BCUT2D eigenvalue weighted by Gasteiger charge is -2.08. The maximum atomic E-state index is 11.3. The van der Waals surface area contributed by atoms with Crippen LogP contribution in [0.4, 0.5) is 0 Å². The van der Waals surface area contributed by atoms with Crippen molar-refractivity contribution in [3.05, 3.63) is 35.4 Å². The van der Waals surface area contributed by atoms with Gasteiger partial charge in [0.25, 0.3) is 5.91 Å². The topological polar surface area (TPSA) is 84.2 Å². The molecule has 0 saturated heterocycles. The van der Waals surface area contributed by atoms with Gasteiger partial charge in [-0.15, -0.1) is 0 Å². The second kappa shape index (κ2) is 6.00. The van der Waals surface area contributed by atoms with Gasteiger partial charge in [0.15, 0.2) is 0 Å². The third kappa shape index (κ3) is 3.88. The Bertz CT molecular complexity index is 399. The molecule has 0 saturated carbocycles. The molecule has 1 aromatic carbocycles. The van der Waals surface area contributed by atoms with Crippen LogP contribution in [-0.4, -0.2) is 24.9 Å². The standard InChI is InChI=1S/C12H17N3O2/c1-8(13)11(16)15-7-9-3-5-10(6-4-9)12(17)14-2/h3-6,8H,7,13H2,1-2H3,(H,14,17)(H,15,16). The largest absolute Gasteiger partial charge is 0.355 e. The Kier molecular flexibility index (Phi) is 4.66. The molecule has 0 heterocycles. The first-order valence-corrected chi connectivity index (χ1v) is 5.39. The van der Waals surface area contributed by atoms with Crippen molar-refractivity contribution in [2.75, 3.05) is 7.05 Å². The van der Waals surface area contributed by atoms with Crippen molar-refractivity contribution in [3.63, 3.8) is 0 Å². The van der Waals surface area contributed by atoms with Gasteiger partial charge in [-0.05, 0) is 24.6 Å². The molecule has 0 aliphatic carbocycles. The summed E-state index contributed by atoms with van der Waals surface area (Å²) in [6.45, 7) is 2.04. The zero-order chi connectivity index (χ0) is 12.8. The average Bonchev–Trinajstić information content (AvgIpc) is 2.35. The highest BCUT2D eigenvalue weighted by Gasteiger charge is 2.06. The molecule has 4 N–H and O–H groups in total. The molecule has 1 rings (SSSR count). The fourth-order valence-corrected chi connectivity index (χ4v) is 1.27. The molecular formula is C12H17N3O2. The molecule has 0 aliphatic heterocycles. The van der Waals surface area contributed by atoms with Gasteiger partial charge in [0.1, 0.15) is 0 Å². The van der Waals surface area contributed by atoms with Gasteiger partial charge < -0.3 is 16.4 Å². The smallest absolute Gasteiger partial charge is 0.251 e. The van der Waals surface area contributed by atoms with Crippen LogP contribution in [0.15, 0.2) is 24.3 Å². The van der Waals surface area contributed by atoms with Crippen LogP contribution in [0, 0.1) is 0 Å². The summed E-state index contributed by atoms with van der Waals surface area (Å²) in [6.07, 6.45) is 0. The fraction of sp³-hybridized carbons (Fsp3) is 0.333. The predicted molar refractivity (Wildman–Crippen MR) is 65.3 cm³/mol. The van der Waals surface area contributed by atoms with E-state index in [4.69, 9.17) is 5.73 Å². The molecule has 0 spiro atoms. The lowest BCUT2D eigenvalue weighted by atomic mass is 10.1. The van der Waals surface area contributed by atoms with Crippen molar-refractivity contribution in [2.45, 2.75) is 19.5 Å². The van der Waals surface area contributed by atoms with Crippen LogP contribution in [0.3, 0.4) is 0 Å². The SMILES string of the molecule is CNC(=O)c1ccc(CNC(=O)C(C)N)cc1. The van der Waals surface area contributed by atoms with Crippen molar-refractivity contribution in [3.8, 4) is 0 Å². The second-order valence-electron chi connectivity index (χ2n) is 3.78. The second-order valence-corrected chi connectivity index (χ2v) is 3.78. The summed E-state index contributed by atoms with van der Waals surface area (Å²) in [5.41, 5.74) is 6.93. The van der Waals surface area contributed by atoms with Gasteiger partial charge in [-0.25, -0.2) is 0 Å². The average molecular weight is 235 g/mol. The summed E-state index contributed by atoms with van der Waals surface area (Å²) in [5, 5.41) is 5.24. The minimum atomic E-state index is -0.514. The van der Waals surface area contributed by atoms with Crippen LogP contribution in [0.1, 0.15) is 22.8 Å². The summed E-state index contributed by atoms with van der Waals surface area (Å²) in [5.74, 6) is -0.323. The number of hydrogen-bond donors (Lipinski definition) is 3. The van der Waals surface area contributed by atoms with E-state index in [0.717, 1.165) is 5.56 Å². The lowest BCUT2D eigenvalue weighted by Crippen LogP contribution is -2.37. The molecule has 5 heteroatoms. The van der Waals surface area contributed by atoms with E-state index in [2.05, 4.69) is 10.6 Å². The first-order chi connectivity index (χ1) is 8.04.